The molecule has 2 heterocycles. The summed E-state index contributed by atoms with van der Waals surface area (Å²) < 4.78 is 25.4. The lowest BCUT2D eigenvalue weighted by Gasteiger charge is -2.45. The number of anilines is 1. The predicted molar refractivity (Wildman–Crippen MR) is 94.3 cm³/mol. The quantitative estimate of drug-likeness (QED) is 0.778. The molecule has 0 N–H and O–H groups in total. The number of amides is 1. The fourth-order valence-electron chi connectivity index (χ4n) is 3.56. The van der Waals surface area contributed by atoms with E-state index in [-0.39, 0.29) is 42.1 Å². The number of rotatable bonds is 3. The Morgan fingerprint density at radius 2 is 1.83 bits per heavy atom. The molecule has 126 valence electrons. The van der Waals surface area contributed by atoms with Gasteiger partial charge in [-0.25, -0.2) is 8.42 Å². The zero-order valence-electron chi connectivity index (χ0n) is 13.3. The third-order valence-corrected chi connectivity index (χ3v) is 7.13. The standard InChI is InChI=1S/C16H21BrN2O3S/c1-3-11(2)18-8-16(20)19(13-6-4-12(17)5-7-13)15-10-23(21,22)9-14(15)18/h4-7,11,14-15H,3,8-10H2,1-2H3. The van der Waals surface area contributed by atoms with E-state index in [9.17, 15) is 13.2 Å². The van der Waals surface area contributed by atoms with Gasteiger partial charge in [-0.3, -0.25) is 9.69 Å². The van der Waals surface area contributed by atoms with Crippen molar-refractivity contribution in [1.82, 2.24) is 4.90 Å². The monoisotopic (exact) mass is 400 g/mol. The molecule has 2 saturated heterocycles. The van der Waals surface area contributed by atoms with Crippen LogP contribution in [-0.4, -0.2) is 55.4 Å². The maximum Gasteiger partial charge on any atom is 0.241 e. The highest BCUT2D eigenvalue weighted by Gasteiger charge is 2.50. The number of sulfone groups is 1. The lowest BCUT2D eigenvalue weighted by Crippen LogP contribution is -2.63. The molecule has 0 aliphatic carbocycles. The molecule has 23 heavy (non-hydrogen) atoms. The van der Waals surface area contributed by atoms with E-state index in [0.717, 1.165) is 16.6 Å². The van der Waals surface area contributed by atoms with E-state index in [0.29, 0.717) is 0 Å². The van der Waals surface area contributed by atoms with E-state index < -0.39 is 9.84 Å². The molecule has 0 aromatic heterocycles. The van der Waals surface area contributed by atoms with Crippen molar-refractivity contribution in [3.8, 4) is 0 Å². The summed E-state index contributed by atoms with van der Waals surface area (Å²) in [6.07, 6.45) is 0.898. The number of nitrogens with zero attached hydrogens (tertiary/aromatic N) is 2. The van der Waals surface area contributed by atoms with Gasteiger partial charge in [0.25, 0.3) is 0 Å². The van der Waals surface area contributed by atoms with Crippen molar-refractivity contribution < 1.29 is 13.2 Å². The topological polar surface area (TPSA) is 57.7 Å². The minimum absolute atomic E-state index is 0.0222. The van der Waals surface area contributed by atoms with Crippen LogP contribution in [0.4, 0.5) is 5.69 Å². The molecule has 2 aliphatic rings. The van der Waals surface area contributed by atoms with Gasteiger partial charge in [0.05, 0.1) is 24.1 Å². The van der Waals surface area contributed by atoms with Crippen LogP contribution in [0, 0.1) is 0 Å². The van der Waals surface area contributed by atoms with Crippen LogP contribution < -0.4 is 4.90 Å². The molecular weight excluding hydrogens is 380 g/mol. The molecule has 0 saturated carbocycles. The van der Waals surface area contributed by atoms with E-state index >= 15 is 0 Å². The average molecular weight is 401 g/mol. The average Bonchev–Trinajstić information content (AvgIpc) is 2.82. The Labute approximate surface area is 145 Å². The Bertz CT molecular complexity index is 705. The molecular formula is C16H21BrN2O3S. The number of hydrogen-bond acceptors (Lipinski definition) is 4. The molecule has 7 heteroatoms. The first-order valence-electron chi connectivity index (χ1n) is 7.86. The smallest absolute Gasteiger partial charge is 0.241 e. The Morgan fingerprint density at radius 1 is 1.22 bits per heavy atom. The first-order valence-corrected chi connectivity index (χ1v) is 10.5. The summed E-state index contributed by atoms with van der Waals surface area (Å²) in [6, 6.07) is 7.27. The Hall–Kier alpha value is -0.920. The van der Waals surface area contributed by atoms with Gasteiger partial charge in [-0.1, -0.05) is 22.9 Å². The summed E-state index contributed by atoms with van der Waals surface area (Å²) in [5.74, 6) is 0.167. The lowest BCUT2D eigenvalue weighted by atomic mass is 10.0. The molecule has 0 spiro atoms. The van der Waals surface area contributed by atoms with Gasteiger partial charge in [-0.05, 0) is 37.6 Å². The molecule has 2 aliphatic heterocycles. The third kappa shape index (κ3) is 3.19. The molecule has 0 radical (unpaired) electrons. The third-order valence-electron chi connectivity index (χ3n) is 4.90. The number of hydrogen-bond donors (Lipinski definition) is 0. The molecule has 3 unspecified atom stereocenters. The number of benzene rings is 1. The number of halogens is 1. The van der Waals surface area contributed by atoms with Crippen LogP contribution in [0.1, 0.15) is 20.3 Å². The van der Waals surface area contributed by atoms with Gasteiger partial charge >= 0.3 is 0 Å². The van der Waals surface area contributed by atoms with Gasteiger partial charge in [-0.15, -0.1) is 0 Å². The minimum Gasteiger partial charge on any atom is -0.306 e. The van der Waals surface area contributed by atoms with Crippen molar-refractivity contribution in [1.29, 1.82) is 0 Å². The van der Waals surface area contributed by atoms with Crippen LogP contribution in [0.2, 0.25) is 0 Å². The maximum absolute atomic E-state index is 12.7. The van der Waals surface area contributed by atoms with Crippen LogP contribution in [0.25, 0.3) is 0 Å². The maximum atomic E-state index is 12.7. The second-order valence-corrected chi connectivity index (χ2v) is 9.45. The number of carbonyl (C=O) groups is 1. The number of piperazine rings is 1. The zero-order valence-corrected chi connectivity index (χ0v) is 15.7. The van der Waals surface area contributed by atoms with Crippen molar-refractivity contribution in [2.45, 2.75) is 38.4 Å². The minimum atomic E-state index is -3.12. The summed E-state index contributed by atoms with van der Waals surface area (Å²) in [5, 5.41) is 0. The lowest BCUT2D eigenvalue weighted by molar-refractivity contribution is -0.124. The molecule has 1 aromatic rings. The van der Waals surface area contributed by atoms with Crippen molar-refractivity contribution >= 4 is 37.4 Å². The van der Waals surface area contributed by atoms with E-state index in [1.54, 1.807) is 4.90 Å². The van der Waals surface area contributed by atoms with Gasteiger partial charge in [0, 0.05) is 22.2 Å². The Balaban J connectivity index is 1.99. The zero-order chi connectivity index (χ0) is 16.8. The van der Waals surface area contributed by atoms with Crippen molar-refractivity contribution in [3.63, 3.8) is 0 Å². The van der Waals surface area contributed by atoms with E-state index in [1.807, 2.05) is 24.3 Å². The first kappa shape index (κ1) is 16.9. The Kier molecular flexibility index (Phi) is 4.55. The molecule has 0 bridgehead atoms. The van der Waals surface area contributed by atoms with Crippen LogP contribution in [0.3, 0.4) is 0 Å². The summed E-state index contributed by atoms with van der Waals surface area (Å²) >= 11 is 3.39. The highest BCUT2D eigenvalue weighted by Crippen LogP contribution is 2.33. The van der Waals surface area contributed by atoms with Crippen molar-refractivity contribution in [2.24, 2.45) is 0 Å². The summed E-state index contributed by atoms with van der Waals surface area (Å²) in [5.41, 5.74) is 0.772. The molecule has 3 rings (SSSR count). The van der Waals surface area contributed by atoms with Gasteiger partial charge in [0.1, 0.15) is 0 Å². The van der Waals surface area contributed by atoms with Gasteiger partial charge < -0.3 is 4.90 Å². The van der Waals surface area contributed by atoms with Crippen molar-refractivity contribution in [2.75, 3.05) is 23.0 Å². The highest BCUT2D eigenvalue weighted by atomic mass is 79.9. The predicted octanol–water partition coefficient (Wildman–Crippen LogP) is 2.06. The normalized spacial score (nSPS) is 28.7. The fraction of sp³-hybridized carbons (Fsp3) is 0.562. The highest BCUT2D eigenvalue weighted by molar-refractivity contribution is 9.10. The van der Waals surface area contributed by atoms with Crippen LogP contribution in [0.15, 0.2) is 28.7 Å². The Morgan fingerprint density at radius 3 is 2.43 bits per heavy atom. The summed E-state index contributed by atoms with van der Waals surface area (Å²) in [4.78, 5) is 16.5. The molecule has 1 amide bonds. The second kappa shape index (κ2) is 6.18. The van der Waals surface area contributed by atoms with Crippen LogP contribution in [-0.2, 0) is 14.6 Å². The number of fused-ring (bicyclic) bond motifs is 1. The summed E-state index contributed by atoms with van der Waals surface area (Å²) in [6.45, 7) is 4.40. The van der Waals surface area contributed by atoms with Gasteiger partial charge in [-0.2, -0.15) is 0 Å². The van der Waals surface area contributed by atoms with Gasteiger partial charge in [0.15, 0.2) is 9.84 Å². The fourth-order valence-corrected chi connectivity index (χ4v) is 5.79. The van der Waals surface area contributed by atoms with E-state index in [2.05, 4.69) is 34.7 Å². The molecule has 2 fully saturated rings. The first-order chi connectivity index (χ1) is 10.8. The van der Waals surface area contributed by atoms with Crippen LogP contribution in [0.5, 0.6) is 0 Å². The molecule has 5 nitrogen and oxygen atoms in total. The second-order valence-electron chi connectivity index (χ2n) is 6.38. The summed E-state index contributed by atoms with van der Waals surface area (Å²) in [7, 11) is -3.12. The largest absolute Gasteiger partial charge is 0.306 e. The SMILES string of the molecule is CCC(C)N1CC(=O)N(c2ccc(Br)cc2)C2CS(=O)(=O)CC21. The molecule has 1 aromatic carbocycles. The number of carbonyl (C=O) groups excluding carboxylic acids is 1. The van der Waals surface area contributed by atoms with Crippen LogP contribution >= 0.6 is 15.9 Å². The van der Waals surface area contributed by atoms with Gasteiger partial charge in [0.2, 0.25) is 5.91 Å². The van der Waals surface area contributed by atoms with E-state index in [1.165, 1.54) is 0 Å². The van der Waals surface area contributed by atoms with Crippen molar-refractivity contribution in [3.05, 3.63) is 28.7 Å². The molecule has 3 atom stereocenters. The van der Waals surface area contributed by atoms with E-state index in [4.69, 9.17) is 0 Å².